The Bertz CT molecular complexity index is 309. The van der Waals surface area contributed by atoms with Crippen molar-refractivity contribution in [2.75, 3.05) is 33.9 Å². The van der Waals surface area contributed by atoms with Crippen molar-refractivity contribution in [2.24, 2.45) is 5.92 Å². The largest absolute Gasteiger partial charge is 0.480 e. The van der Waals surface area contributed by atoms with Gasteiger partial charge in [0.25, 0.3) is 0 Å². The van der Waals surface area contributed by atoms with Crippen LogP contribution in [0.3, 0.4) is 0 Å². The maximum Gasteiger partial charge on any atom is 0.323 e. The van der Waals surface area contributed by atoms with Gasteiger partial charge in [-0.05, 0) is 38.6 Å². The lowest BCUT2D eigenvalue weighted by Gasteiger charge is -2.42. The first kappa shape index (κ1) is 17.4. The van der Waals surface area contributed by atoms with Gasteiger partial charge >= 0.3 is 5.97 Å². The van der Waals surface area contributed by atoms with Crippen LogP contribution in [0.5, 0.6) is 0 Å². The lowest BCUT2D eigenvalue weighted by Crippen LogP contribution is -2.57. The van der Waals surface area contributed by atoms with Crippen molar-refractivity contribution >= 4 is 5.97 Å². The average Bonchev–Trinajstić information content (AvgIpc) is 2.42. The van der Waals surface area contributed by atoms with Crippen molar-refractivity contribution in [1.29, 1.82) is 0 Å². The Hall–Kier alpha value is -0.650. The molecule has 0 bridgehead atoms. The molecule has 0 aromatic carbocycles. The molecule has 0 heterocycles. The van der Waals surface area contributed by atoms with E-state index in [1.807, 2.05) is 0 Å². The van der Waals surface area contributed by atoms with Crippen molar-refractivity contribution in [1.82, 2.24) is 10.2 Å². The fourth-order valence-electron chi connectivity index (χ4n) is 3.19. The third-order valence-corrected chi connectivity index (χ3v) is 4.31. The van der Waals surface area contributed by atoms with Crippen molar-refractivity contribution < 1.29 is 14.6 Å². The fourth-order valence-corrected chi connectivity index (χ4v) is 3.19. The highest BCUT2D eigenvalue weighted by molar-refractivity contribution is 5.79. The van der Waals surface area contributed by atoms with E-state index < -0.39 is 11.5 Å². The number of nitrogens with zero attached hydrogens (tertiary/aromatic N) is 1. The van der Waals surface area contributed by atoms with E-state index in [2.05, 4.69) is 24.1 Å². The monoisotopic (exact) mass is 286 g/mol. The Balaban J connectivity index is 2.76. The molecule has 2 unspecified atom stereocenters. The van der Waals surface area contributed by atoms with Gasteiger partial charge in [0.2, 0.25) is 0 Å². The average molecular weight is 286 g/mol. The van der Waals surface area contributed by atoms with Gasteiger partial charge in [0.05, 0.1) is 6.61 Å². The fraction of sp³-hybridized carbons (Fsp3) is 0.933. The van der Waals surface area contributed by atoms with Gasteiger partial charge in [-0.1, -0.05) is 13.8 Å². The van der Waals surface area contributed by atoms with Gasteiger partial charge in [-0.15, -0.1) is 0 Å². The standard InChI is InChI=1S/C15H30N2O3/c1-12(2)11-17(8-9-20-4)13-6-5-7-15(10-13,16-3)14(18)19/h12-13,16H,5-11H2,1-4H3,(H,18,19). The Kier molecular flexibility index (Phi) is 6.92. The molecular weight excluding hydrogens is 256 g/mol. The van der Waals surface area contributed by atoms with Crippen LogP contribution in [-0.4, -0.2) is 61.4 Å². The zero-order chi connectivity index (χ0) is 15.2. The molecule has 0 spiro atoms. The molecular formula is C15H30N2O3. The summed E-state index contributed by atoms with van der Waals surface area (Å²) in [4.78, 5) is 14.0. The highest BCUT2D eigenvalue weighted by Crippen LogP contribution is 2.31. The van der Waals surface area contributed by atoms with Gasteiger partial charge in [-0.2, -0.15) is 0 Å². The predicted octanol–water partition coefficient (Wildman–Crippen LogP) is 1.58. The summed E-state index contributed by atoms with van der Waals surface area (Å²) in [6.07, 6.45) is 3.43. The second kappa shape index (κ2) is 7.96. The number of rotatable bonds is 8. The molecule has 0 radical (unpaired) electrons. The Morgan fingerprint density at radius 3 is 2.75 bits per heavy atom. The van der Waals surface area contributed by atoms with Gasteiger partial charge in [-0.3, -0.25) is 9.69 Å². The molecule has 1 rings (SSSR count). The van der Waals surface area contributed by atoms with Crippen LogP contribution in [0.15, 0.2) is 0 Å². The molecule has 0 saturated heterocycles. The number of likely N-dealkylation sites (N-methyl/N-ethyl adjacent to an activating group) is 1. The first-order chi connectivity index (χ1) is 9.45. The van der Waals surface area contributed by atoms with Gasteiger partial charge in [0.15, 0.2) is 0 Å². The number of carbonyl (C=O) groups is 1. The molecule has 5 nitrogen and oxygen atoms in total. The van der Waals surface area contributed by atoms with E-state index in [1.165, 1.54) is 0 Å². The number of carboxylic acids is 1. The lowest BCUT2D eigenvalue weighted by atomic mass is 9.78. The van der Waals surface area contributed by atoms with E-state index >= 15 is 0 Å². The van der Waals surface area contributed by atoms with E-state index in [1.54, 1.807) is 14.2 Å². The molecule has 2 atom stereocenters. The maximum atomic E-state index is 11.6. The number of ether oxygens (including phenoxy) is 1. The zero-order valence-electron chi connectivity index (χ0n) is 13.3. The van der Waals surface area contributed by atoms with E-state index in [4.69, 9.17) is 4.74 Å². The van der Waals surface area contributed by atoms with Gasteiger partial charge in [0, 0.05) is 26.2 Å². The van der Waals surface area contributed by atoms with Crippen LogP contribution >= 0.6 is 0 Å². The normalized spacial score (nSPS) is 27.2. The summed E-state index contributed by atoms with van der Waals surface area (Å²) < 4.78 is 5.20. The Morgan fingerprint density at radius 2 is 2.25 bits per heavy atom. The molecule has 1 aliphatic rings. The number of aliphatic carboxylic acids is 1. The third kappa shape index (κ3) is 4.43. The number of carboxylic acid groups (broad SMARTS) is 1. The second-order valence-corrected chi connectivity index (χ2v) is 6.27. The van der Waals surface area contributed by atoms with Crippen LogP contribution in [-0.2, 0) is 9.53 Å². The summed E-state index contributed by atoms with van der Waals surface area (Å²) in [6, 6.07) is 0.324. The van der Waals surface area contributed by atoms with Crippen molar-refractivity contribution in [2.45, 2.75) is 51.1 Å². The highest BCUT2D eigenvalue weighted by Gasteiger charge is 2.43. The predicted molar refractivity (Wildman–Crippen MR) is 80.0 cm³/mol. The molecule has 0 aliphatic heterocycles. The number of nitrogens with one attached hydrogen (secondary N) is 1. The molecule has 118 valence electrons. The first-order valence-electron chi connectivity index (χ1n) is 7.60. The summed E-state index contributed by atoms with van der Waals surface area (Å²) in [7, 11) is 3.47. The maximum absolute atomic E-state index is 11.6. The number of hydrogen-bond acceptors (Lipinski definition) is 4. The van der Waals surface area contributed by atoms with Crippen LogP contribution in [0.1, 0.15) is 39.5 Å². The van der Waals surface area contributed by atoms with Crippen molar-refractivity contribution in [3.05, 3.63) is 0 Å². The number of hydrogen-bond donors (Lipinski definition) is 2. The van der Waals surface area contributed by atoms with Crippen LogP contribution in [0.4, 0.5) is 0 Å². The summed E-state index contributed by atoms with van der Waals surface area (Å²) >= 11 is 0. The SMILES string of the molecule is CNC1(C(=O)O)CCCC(N(CCOC)CC(C)C)C1. The van der Waals surface area contributed by atoms with E-state index in [0.29, 0.717) is 25.0 Å². The summed E-state index contributed by atoms with van der Waals surface area (Å²) in [5.74, 6) is -0.150. The van der Waals surface area contributed by atoms with Gasteiger partial charge < -0.3 is 15.2 Å². The van der Waals surface area contributed by atoms with E-state index in [0.717, 1.165) is 32.4 Å². The topological polar surface area (TPSA) is 61.8 Å². The minimum atomic E-state index is -0.759. The quantitative estimate of drug-likeness (QED) is 0.709. The van der Waals surface area contributed by atoms with E-state index in [-0.39, 0.29) is 0 Å². The molecule has 20 heavy (non-hydrogen) atoms. The third-order valence-electron chi connectivity index (χ3n) is 4.31. The summed E-state index contributed by atoms with van der Waals surface area (Å²) in [5.41, 5.74) is -0.759. The zero-order valence-corrected chi connectivity index (χ0v) is 13.3. The Labute approximate surface area is 122 Å². The Morgan fingerprint density at radius 1 is 1.55 bits per heavy atom. The first-order valence-corrected chi connectivity index (χ1v) is 7.60. The molecule has 0 aromatic rings. The molecule has 5 heteroatoms. The minimum absolute atomic E-state index is 0.324. The van der Waals surface area contributed by atoms with Crippen molar-refractivity contribution in [3.63, 3.8) is 0 Å². The molecule has 0 aromatic heterocycles. The van der Waals surface area contributed by atoms with Crippen LogP contribution in [0.2, 0.25) is 0 Å². The summed E-state index contributed by atoms with van der Waals surface area (Å²) in [5, 5.41) is 12.6. The minimum Gasteiger partial charge on any atom is -0.480 e. The number of methoxy groups -OCH3 is 1. The second-order valence-electron chi connectivity index (χ2n) is 6.27. The lowest BCUT2D eigenvalue weighted by molar-refractivity contribution is -0.147. The molecule has 1 aliphatic carbocycles. The van der Waals surface area contributed by atoms with Gasteiger partial charge in [0.1, 0.15) is 5.54 Å². The molecule has 0 amide bonds. The van der Waals surface area contributed by atoms with Crippen LogP contribution < -0.4 is 5.32 Å². The summed E-state index contributed by atoms with van der Waals surface area (Å²) in [6.45, 7) is 6.96. The molecule has 1 saturated carbocycles. The van der Waals surface area contributed by atoms with E-state index in [9.17, 15) is 9.90 Å². The van der Waals surface area contributed by atoms with Crippen LogP contribution in [0.25, 0.3) is 0 Å². The van der Waals surface area contributed by atoms with Crippen molar-refractivity contribution in [3.8, 4) is 0 Å². The smallest absolute Gasteiger partial charge is 0.323 e. The molecule has 1 fully saturated rings. The highest BCUT2D eigenvalue weighted by atomic mass is 16.5. The molecule has 2 N–H and O–H groups in total. The van der Waals surface area contributed by atoms with Crippen LogP contribution in [0, 0.1) is 5.92 Å². The van der Waals surface area contributed by atoms with Gasteiger partial charge in [-0.25, -0.2) is 0 Å².